The maximum absolute atomic E-state index is 12.0. The molecular formula is C13H22N2O. The summed E-state index contributed by atoms with van der Waals surface area (Å²) in [6, 6.07) is 0. The summed E-state index contributed by atoms with van der Waals surface area (Å²) in [6.07, 6.45) is 5.49. The molecule has 0 spiro atoms. The van der Waals surface area contributed by atoms with Gasteiger partial charge in [0, 0.05) is 13.1 Å². The first-order chi connectivity index (χ1) is 7.71. The number of nitrogens with one attached hydrogen (secondary N) is 2. The van der Waals surface area contributed by atoms with Gasteiger partial charge in [-0.2, -0.15) is 0 Å². The molecule has 3 aliphatic rings. The number of hydrogen-bond acceptors (Lipinski definition) is 2. The van der Waals surface area contributed by atoms with E-state index in [0.29, 0.717) is 11.3 Å². The number of rotatable bonds is 4. The molecule has 2 aliphatic carbocycles. The minimum absolute atomic E-state index is 0.204. The van der Waals surface area contributed by atoms with Gasteiger partial charge in [-0.05, 0) is 49.5 Å². The highest BCUT2D eigenvalue weighted by atomic mass is 16.1. The number of amides is 1. The van der Waals surface area contributed by atoms with Crippen molar-refractivity contribution in [1.29, 1.82) is 0 Å². The van der Waals surface area contributed by atoms with Gasteiger partial charge in [-0.25, -0.2) is 0 Å². The van der Waals surface area contributed by atoms with E-state index in [1.165, 1.54) is 25.7 Å². The lowest BCUT2D eigenvalue weighted by atomic mass is 9.96. The van der Waals surface area contributed by atoms with Crippen molar-refractivity contribution in [3.63, 3.8) is 0 Å². The van der Waals surface area contributed by atoms with Crippen LogP contribution in [0.15, 0.2) is 0 Å². The molecule has 90 valence electrons. The summed E-state index contributed by atoms with van der Waals surface area (Å²) >= 11 is 0. The van der Waals surface area contributed by atoms with Crippen LogP contribution in [0.1, 0.15) is 32.6 Å². The molecule has 0 radical (unpaired) electrons. The quantitative estimate of drug-likeness (QED) is 0.749. The highest BCUT2D eigenvalue weighted by Crippen LogP contribution is 2.60. The molecule has 1 amide bonds. The number of carbonyl (C=O) groups is 1. The Morgan fingerprint density at radius 1 is 1.38 bits per heavy atom. The van der Waals surface area contributed by atoms with Crippen molar-refractivity contribution < 1.29 is 4.79 Å². The molecule has 0 bridgehead atoms. The molecule has 1 aliphatic heterocycles. The van der Waals surface area contributed by atoms with Crippen molar-refractivity contribution in [2.75, 3.05) is 19.6 Å². The van der Waals surface area contributed by atoms with Crippen molar-refractivity contribution >= 4 is 5.91 Å². The molecule has 3 rings (SSSR count). The number of carbonyl (C=O) groups excluding carboxylic acids is 1. The molecule has 3 nitrogen and oxygen atoms in total. The highest BCUT2D eigenvalue weighted by molar-refractivity contribution is 5.79. The first kappa shape index (κ1) is 10.6. The third-order valence-electron chi connectivity index (χ3n) is 4.80. The second-order valence-corrected chi connectivity index (χ2v) is 6.10. The van der Waals surface area contributed by atoms with E-state index in [1.54, 1.807) is 0 Å². The van der Waals surface area contributed by atoms with Crippen LogP contribution in [-0.4, -0.2) is 25.5 Å². The van der Waals surface area contributed by atoms with E-state index in [-0.39, 0.29) is 11.8 Å². The fourth-order valence-electron chi connectivity index (χ4n) is 3.14. The molecule has 3 fully saturated rings. The van der Waals surface area contributed by atoms with Gasteiger partial charge in [0.05, 0.1) is 5.92 Å². The summed E-state index contributed by atoms with van der Waals surface area (Å²) in [7, 11) is 0. The van der Waals surface area contributed by atoms with E-state index in [1.807, 2.05) is 0 Å². The SMILES string of the molecule is C[C@@H]1CNC[C@H]1C(=O)NCC1(C2CC2)CC1. The third kappa shape index (κ3) is 1.86. The smallest absolute Gasteiger partial charge is 0.224 e. The Morgan fingerprint density at radius 3 is 2.62 bits per heavy atom. The van der Waals surface area contributed by atoms with Crippen molar-refractivity contribution in [2.45, 2.75) is 32.6 Å². The average molecular weight is 222 g/mol. The first-order valence-electron chi connectivity index (χ1n) is 6.70. The van der Waals surface area contributed by atoms with E-state index in [2.05, 4.69) is 17.6 Å². The van der Waals surface area contributed by atoms with Gasteiger partial charge < -0.3 is 10.6 Å². The zero-order chi connectivity index (χ0) is 11.2. The van der Waals surface area contributed by atoms with Crippen LogP contribution < -0.4 is 10.6 Å². The molecule has 0 aromatic carbocycles. The van der Waals surface area contributed by atoms with Crippen LogP contribution in [0.2, 0.25) is 0 Å². The Bertz CT molecular complexity index is 294. The molecule has 0 unspecified atom stereocenters. The molecule has 2 N–H and O–H groups in total. The second kappa shape index (κ2) is 3.73. The Morgan fingerprint density at radius 2 is 2.12 bits per heavy atom. The molecule has 1 saturated heterocycles. The first-order valence-corrected chi connectivity index (χ1v) is 6.70. The largest absolute Gasteiger partial charge is 0.355 e. The van der Waals surface area contributed by atoms with Gasteiger partial charge in [-0.3, -0.25) is 4.79 Å². The van der Waals surface area contributed by atoms with Crippen LogP contribution in [0.5, 0.6) is 0 Å². The van der Waals surface area contributed by atoms with Gasteiger partial charge in [-0.15, -0.1) is 0 Å². The summed E-state index contributed by atoms with van der Waals surface area (Å²) < 4.78 is 0. The lowest BCUT2D eigenvalue weighted by Crippen LogP contribution is -2.38. The van der Waals surface area contributed by atoms with E-state index >= 15 is 0 Å². The summed E-state index contributed by atoms with van der Waals surface area (Å²) in [5.74, 6) is 1.92. The zero-order valence-corrected chi connectivity index (χ0v) is 10.1. The lowest BCUT2D eigenvalue weighted by Gasteiger charge is -2.18. The van der Waals surface area contributed by atoms with Gasteiger partial charge in [0.1, 0.15) is 0 Å². The molecule has 0 aromatic heterocycles. The van der Waals surface area contributed by atoms with Crippen molar-refractivity contribution in [1.82, 2.24) is 10.6 Å². The van der Waals surface area contributed by atoms with Crippen LogP contribution in [0.25, 0.3) is 0 Å². The van der Waals surface area contributed by atoms with Gasteiger partial charge >= 0.3 is 0 Å². The zero-order valence-electron chi connectivity index (χ0n) is 10.1. The van der Waals surface area contributed by atoms with E-state index in [0.717, 1.165) is 25.6 Å². The van der Waals surface area contributed by atoms with Crippen LogP contribution >= 0.6 is 0 Å². The van der Waals surface area contributed by atoms with E-state index < -0.39 is 0 Å². The fraction of sp³-hybridized carbons (Fsp3) is 0.923. The van der Waals surface area contributed by atoms with Crippen LogP contribution in [0.4, 0.5) is 0 Å². The maximum atomic E-state index is 12.0. The van der Waals surface area contributed by atoms with Crippen LogP contribution in [0, 0.1) is 23.2 Å². The minimum atomic E-state index is 0.204. The van der Waals surface area contributed by atoms with Crippen LogP contribution in [0.3, 0.4) is 0 Å². The molecule has 1 heterocycles. The van der Waals surface area contributed by atoms with Gasteiger partial charge in [0.25, 0.3) is 0 Å². The molecule has 2 saturated carbocycles. The van der Waals surface area contributed by atoms with Gasteiger partial charge in [-0.1, -0.05) is 6.92 Å². The molecule has 2 atom stereocenters. The standard InChI is InChI=1S/C13H22N2O/c1-9-6-14-7-11(9)12(16)15-8-13(4-5-13)10-2-3-10/h9-11,14H,2-8H2,1H3,(H,15,16)/t9-,11-/m1/s1. The molecular weight excluding hydrogens is 200 g/mol. The highest BCUT2D eigenvalue weighted by Gasteiger charge is 2.53. The van der Waals surface area contributed by atoms with Gasteiger partial charge in [0.15, 0.2) is 0 Å². The maximum Gasteiger partial charge on any atom is 0.224 e. The topological polar surface area (TPSA) is 41.1 Å². The third-order valence-corrected chi connectivity index (χ3v) is 4.80. The molecule has 16 heavy (non-hydrogen) atoms. The van der Waals surface area contributed by atoms with Crippen molar-refractivity contribution in [3.8, 4) is 0 Å². The molecule has 3 heteroatoms. The van der Waals surface area contributed by atoms with Crippen molar-refractivity contribution in [2.24, 2.45) is 23.2 Å². The van der Waals surface area contributed by atoms with Crippen LogP contribution in [-0.2, 0) is 4.79 Å². The summed E-state index contributed by atoms with van der Waals surface area (Å²) in [4.78, 5) is 12.0. The number of hydrogen-bond donors (Lipinski definition) is 2. The Hall–Kier alpha value is -0.570. The predicted octanol–water partition coefficient (Wildman–Crippen LogP) is 1.15. The van der Waals surface area contributed by atoms with Crippen molar-refractivity contribution in [3.05, 3.63) is 0 Å². The monoisotopic (exact) mass is 222 g/mol. The Kier molecular flexibility index (Phi) is 2.46. The summed E-state index contributed by atoms with van der Waals surface area (Å²) in [5.41, 5.74) is 0.533. The fourth-order valence-corrected chi connectivity index (χ4v) is 3.14. The van der Waals surface area contributed by atoms with E-state index in [4.69, 9.17) is 0 Å². The normalized spacial score (nSPS) is 36.1. The average Bonchev–Trinajstić information content (AvgIpc) is 3.14. The summed E-state index contributed by atoms with van der Waals surface area (Å²) in [6.45, 7) is 4.97. The van der Waals surface area contributed by atoms with E-state index in [9.17, 15) is 4.79 Å². The summed E-state index contributed by atoms with van der Waals surface area (Å²) in [5, 5.41) is 6.49. The predicted molar refractivity (Wildman–Crippen MR) is 62.9 cm³/mol. The second-order valence-electron chi connectivity index (χ2n) is 6.10. The Balaban J connectivity index is 1.49. The molecule has 0 aromatic rings. The minimum Gasteiger partial charge on any atom is -0.355 e. The lowest BCUT2D eigenvalue weighted by molar-refractivity contribution is -0.125. The van der Waals surface area contributed by atoms with Gasteiger partial charge in [0.2, 0.25) is 5.91 Å². The Labute approximate surface area is 97.4 Å².